The van der Waals surface area contributed by atoms with Gasteiger partial charge in [-0.25, -0.2) is 9.67 Å². The molecular formula is C18H25N5O. The fourth-order valence-corrected chi connectivity index (χ4v) is 3.36. The Hall–Kier alpha value is -2.21. The van der Waals surface area contributed by atoms with E-state index < -0.39 is 0 Å². The third-order valence-corrected chi connectivity index (χ3v) is 4.79. The van der Waals surface area contributed by atoms with Crippen LogP contribution in [0.2, 0.25) is 0 Å². The van der Waals surface area contributed by atoms with Crippen LogP contribution in [0, 0.1) is 5.92 Å². The first-order chi connectivity index (χ1) is 11.6. The van der Waals surface area contributed by atoms with Crippen molar-refractivity contribution in [3.05, 3.63) is 41.9 Å². The summed E-state index contributed by atoms with van der Waals surface area (Å²) in [4.78, 5) is 19.3. The number of rotatable bonds is 4. The van der Waals surface area contributed by atoms with Crippen LogP contribution in [-0.2, 0) is 6.42 Å². The molecule has 2 aromatic rings. The molecule has 1 fully saturated rings. The van der Waals surface area contributed by atoms with Crippen LogP contribution in [0.15, 0.2) is 30.6 Å². The van der Waals surface area contributed by atoms with Crippen LogP contribution in [0.1, 0.15) is 42.7 Å². The molecule has 0 spiro atoms. The molecule has 3 rings (SSSR count). The lowest BCUT2D eigenvalue weighted by atomic mass is 9.92. The maximum Gasteiger partial charge on any atom is 0.257 e. The third-order valence-electron chi connectivity index (χ3n) is 4.79. The van der Waals surface area contributed by atoms with Crippen molar-refractivity contribution in [1.82, 2.24) is 19.7 Å². The van der Waals surface area contributed by atoms with Gasteiger partial charge in [-0.1, -0.05) is 13.0 Å². The second kappa shape index (κ2) is 7.13. The van der Waals surface area contributed by atoms with Crippen molar-refractivity contribution in [1.29, 1.82) is 0 Å². The van der Waals surface area contributed by atoms with Crippen LogP contribution >= 0.6 is 0 Å². The Morgan fingerprint density at radius 3 is 2.96 bits per heavy atom. The topological polar surface area (TPSA) is 77.0 Å². The van der Waals surface area contributed by atoms with Crippen LogP contribution in [0.3, 0.4) is 0 Å². The molecule has 0 unspecified atom stereocenters. The number of hydrogen-bond donors (Lipinski definition) is 1. The van der Waals surface area contributed by atoms with Crippen molar-refractivity contribution in [3.8, 4) is 5.82 Å². The average molecular weight is 327 g/mol. The number of aromatic nitrogens is 3. The van der Waals surface area contributed by atoms with E-state index in [1.807, 2.05) is 36.9 Å². The molecule has 128 valence electrons. The number of likely N-dealkylation sites (tertiary alicyclic amines) is 1. The van der Waals surface area contributed by atoms with Gasteiger partial charge >= 0.3 is 0 Å². The first-order valence-corrected chi connectivity index (χ1v) is 8.65. The number of amides is 1. The summed E-state index contributed by atoms with van der Waals surface area (Å²) >= 11 is 0. The molecule has 2 N–H and O–H groups in total. The smallest absolute Gasteiger partial charge is 0.257 e. The molecule has 2 atom stereocenters. The molecule has 1 amide bonds. The summed E-state index contributed by atoms with van der Waals surface area (Å²) in [6, 6.07) is 5.80. The Bertz CT molecular complexity index is 695. The van der Waals surface area contributed by atoms with Crippen LogP contribution in [0.5, 0.6) is 0 Å². The highest BCUT2D eigenvalue weighted by atomic mass is 16.2. The zero-order valence-electron chi connectivity index (χ0n) is 14.4. The second-order valence-corrected chi connectivity index (χ2v) is 6.47. The molecule has 0 aliphatic carbocycles. The summed E-state index contributed by atoms with van der Waals surface area (Å²) in [5.41, 5.74) is 7.62. The Labute approximate surface area is 142 Å². The third kappa shape index (κ3) is 3.19. The lowest BCUT2D eigenvalue weighted by Crippen LogP contribution is -2.45. The summed E-state index contributed by atoms with van der Waals surface area (Å²) in [5, 5.41) is 4.41. The normalized spacial score (nSPS) is 19.3. The summed E-state index contributed by atoms with van der Waals surface area (Å²) in [5.74, 6) is 1.17. The van der Waals surface area contributed by atoms with E-state index in [1.165, 1.54) is 0 Å². The monoisotopic (exact) mass is 327 g/mol. The molecule has 1 aliphatic rings. The van der Waals surface area contributed by atoms with Crippen LogP contribution in [-0.4, -0.2) is 44.7 Å². The summed E-state index contributed by atoms with van der Waals surface area (Å²) in [7, 11) is 0. The molecule has 1 saturated heterocycles. The molecule has 0 radical (unpaired) electrons. The van der Waals surface area contributed by atoms with Gasteiger partial charge in [-0.15, -0.1) is 0 Å². The maximum atomic E-state index is 13.0. The SMILES string of the molecule is CCc1c(C(=O)N2CCC[C@@H]([C@@H](C)N)C2)cnn1-c1ccccn1. The van der Waals surface area contributed by atoms with Gasteiger partial charge in [0, 0.05) is 25.3 Å². The standard InChI is InChI=1S/C18H25N5O/c1-3-16-15(11-21-23(16)17-8-4-5-9-20-17)18(24)22-10-6-7-14(12-22)13(2)19/h4-5,8-9,11,13-14H,3,6-7,10,12,19H2,1-2H3/t13-,14-/m1/s1. The second-order valence-electron chi connectivity index (χ2n) is 6.47. The van der Waals surface area contributed by atoms with Gasteiger partial charge in [0.05, 0.1) is 17.5 Å². The highest BCUT2D eigenvalue weighted by Crippen LogP contribution is 2.22. The lowest BCUT2D eigenvalue weighted by Gasteiger charge is -2.34. The van der Waals surface area contributed by atoms with Crippen LogP contribution in [0.4, 0.5) is 0 Å². The predicted octanol–water partition coefficient (Wildman–Crippen LogP) is 2.03. The summed E-state index contributed by atoms with van der Waals surface area (Å²) in [6.07, 6.45) is 6.23. The van der Waals surface area contributed by atoms with Crippen LogP contribution < -0.4 is 5.73 Å². The van der Waals surface area contributed by atoms with E-state index in [-0.39, 0.29) is 11.9 Å². The quantitative estimate of drug-likeness (QED) is 0.932. The largest absolute Gasteiger partial charge is 0.338 e. The zero-order valence-corrected chi connectivity index (χ0v) is 14.4. The number of carbonyl (C=O) groups excluding carboxylic acids is 1. The minimum atomic E-state index is 0.0550. The molecule has 6 nitrogen and oxygen atoms in total. The minimum Gasteiger partial charge on any atom is -0.338 e. The fraction of sp³-hybridized carbons (Fsp3) is 0.500. The van der Waals surface area contributed by atoms with E-state index in [9.17, 15) is 4.79 Å². The van der Waals surface area contributed by atoms with E-state index in [1.54, 1.807) is 17.1 Å². The Balaban J connectivity index is 1.87. The highest BCUT2D eigenvalue weighted by Gasteiger charge is 2.28. The molecule has 0 saturated carbocycles. The van der Waals surface area contributed by atoms with Gasteiger partial charge < -0.3 is 10.6 Å². The fourth-order valence-electron chi connectivity index (χ4n) is 3.36. The molecule has 2 aromatic heterocycles. The van der Waals surface area contributed by atoms with Gasteiger partial charge in [-0.3, -0.25) is 4.79 Å². The van der Waals surface area contributed by atoms with E-state index in [2.05, 4.69) is 10.1 Å². The van der Waals surface area contributed by atoms with E-state index in [0.717, 1.165) is 43.9 Å². The molecule has 0 aromatic carbocycles. The molecule has 0 bridgehead atoms. The number of nitrogens with two attached hydrogens (primary N) is 1. The number of pyridine rings is 1. The van der Waals surface area contributed by atoms with Crippen molar-refractivity contribution in [2.45, 2.75) is 39.2 Å². The first-order valence-electron chi connectivity index (χ1n) is 8.65. The van der Waals surface area contributed by atoms with Crippen LogP contribution in [0.25, 0.3) is 5.82 Å². The van der Waals surface area contributed by atoms with Gasteiger partial charge in [-0.05, 0) is 44.2 Å². The molecule has 1 aliphatic heterocycles. The van der Waals surface area contributed by atoms with E-state index in [4.69, 9.17) is 5.73 Å². The van der Waals surface area contributed by atoms with Crippen molar-refractivity contribution in [3.63, 3.8) is 0 Å². The van der Waals surface area contributed by atoms with Gasteiger partial charge in [0.15, 0.2) is 5.82 Å². The summed E-state index contributed by atoms with van der Waals surface area (Å²) < 4.78 is 1.76. The number of piperidine rings is 1. The lowest BCUT2D eigenvalue weighted by molar-refractivity contribution is 0.0660. The number of hydrogen-bond acceptors (Lipinski definition) is 4. The Kier molecular flexibility index (Phi) is 4.94. The Morgan fingerprint density at radius 1 is 1.46 bits per heavy atom. The van der Waals surface area contributed by atoms with Gasteiger partial charge in [-0.2, -0.15) is 5.10 Å². The molecular weight excluding hydrogens is 302 g/mol. The Morgan fingerprint density at radius 2 is 2.29 bits per heavy atom. The zero-order chi connectivity index (χ0) is 17.1. The highest BCUT2D eigenvalue weighted by molar-refractivity contribution is 5.95. The van der Waals surface area contributed by atoms with Crippen molar-refractivity contribution >= 4 is 5.91 Å². The minimum absolute atomic E-state index is 0.0550. The van der Waals surface area contributed by atoms with E-state index in [0.29, 0.717) is 11.5 Å². The number of nitrogens with zero attached hydrogens (tertiary/aromatic N) is 4. The predicted molar refractivity (Wildman–Crippen MR) is 93.0 cm³/mol. The molecule has 6 heteroatoms. The van der Waals surface area contributed by atoms with Crippen molar-refractivity contribution < 1.29 is 4.79 Å². The van der Waals surface area contributed by atoms with Gasteiger partial charge in [0.2, 0.25) is 0 Å². The average Bonchev–Trinajstić information content (AvgIpc) is 3.05. The molecule has 3 heterocycles. The van der Waals surface area contributed by atoms with E-state index >= 15 is 0 Å². The van der Waals surface area contributed by atoms with Crippen molar-refractivity contribution in [2.75, 3.05) is 13.1 Å². The van der Waals surface area contributed by atoms with Crippen molar-refractivity contribution in [2.24, 2.45) is 11.7 Å². The molecule has 24 heavy (non-hydrogen) atoms. The maximum absolute atomic E-state index is 13.0. The number of carbonyl (C=O) groups is 1. The first kappa shape index (κ1) is 16.6. The summed E-state index contributed by atoms with van der Waals surface area (Å²) in [6.45, 7) is 5.58. The van der Waals surface area contributed by atoms with Gasteiger partial charge in [0.25, 0.3) is 5.91 Å². The van der Waals surface area contributed by atoms with Gasteiger partial charge in [0.1, 0.15) is 0 Å².